The lowest BCUT2D eigenvalue weighted by Gasteiger charge is -2.15. The van der Waals surface area contributed by atoms with Gasteiger partial charge in [-0.15, -0.1) is 0 Å². The van der Waals surface area contributed by atoms with Gasteiger partial charge in [0.2, 0.25) is 0 Å². The van der Waals surface area contributed by atoms with Crippen molar-refractivity contribution in [3.05, 3.63) is 64.5 Å². The first-order valence-corrected chi connectivity index (χ1v) is 7.93. The minimum atomic E-state index is -0.716. The lowest BCUT2D eigenvalue weighted by molar-refractivity contribution is 0.0600. The van der Waals surface area contributed by atoms with E-state index in [1.165, 1.54) is 19.1 Å². The van der Waals surface area contributed by atoms with Gasteiger partial charge in [-0.25, -0.2) is 14.0 Å². The molecule has 0 fully saturated rings. The molecular weight excluding hydrogens is 351 g/mol. The van der Waals surface area contributed by atoms with E-state index in [1.807, 2.05) is 12.1 Å². The number of carbonyl (C=O) groups is 2. The Balaban J connectivity index is 2.26. The largest absolute Gasteiger partial charge is 0.465 e. The van der Waals surface area contributed by atoms with Crippen molar-refractivity contribution in [2.45, 2.75) is 6.54 Å². The first kappa shape index (κ1) is 19.8. The molecule has 0 saturated heterocycles. The highest BCUT2D eigenvalue weighted by molar-refractivity contribution is 5.94. The first-order chi connectivity index (χ1) is 12.8. The van der Waals surface area contributed by atoms with E-state index < -0.39 is 17.9 Å². The van der Waals surface area contributed by atoms with Crippen LogP contribution in [0.15, 0.2) is 36.4 Å². The van der Waals surface area contributed by atoms with E-state index in [1.54, 1.807) is 19.2 Å². The number of esters is 1. The van der Waals surface area contributed by atoms with E-state index in [4.69, 9.17) is 5.73 Å². The number of hydrogen-bond acceptors (Lipinski definition) is 5. The van der Waals surface area contributed by atoms with E-state index in [0.717, 1.165) is 17.7 Å². The number of hydrogen-bond donors (Lipinski definition) is 1. The molecule has 2 N–H and O–H groups in total. The maximum absolute atomic E-state index is 13.5. The van der Waals surface area contributed by atoms with Crippen molar-refractivity contribution in [2.75, 3.05) is 27.0 Å². The van der Waals surface area contributed by atoms with Crippen molar-refractivity contribution in [1.29, 1.82) is 0 Å². The number of carbonyl (C=O) groups excluding carboxylic acids is 2. The van der Waals surface area contributed by atoms with Gasteiger partial charge < -0.3 is 20.1 Å². The third kappa shape index (κ3) is 4.98. The first-order valence-electron chi connectivity index (χ1n) is 7.93. The molecule has 0 aliphatic heterocycles. The van der Waals surface area contributed by atoms with Crippen LogP contribution in [0.1, 0.15) is 27.0 Å². The summed E-state index contributed by atoms with van der Waals surface area (Å²) in [7, 11) is 4.15. The lowest BCUT2D eigenvalue weighted by Crippen LogP contribution is -2.25. The Labute approximate surface area is 156 Å². The number of nitrogen functional groups attached to an aromatic ring is 1. The van der Waals surface area contributed by atoms with Crippen LogP contribution in [0.4, 0.5) is 14.9 Å². The zero-order valence-corrected chi connectivity index (χ0v) is 15.2. The van der Waals surface area contributed by atoms with Crippen LogP contribution in [0.25, 0.3) is 0 Å². The number of anilines is 1. The second kappa shape index (κ2) is 8.72. The Morgan fingerprint density at radius 1 is 1.11 bits per heavy atom. The standard InChI is InChI=1S/C20H19FN2O4/c1-23(20(25)27-3)12-14-6-4-13(5-7-14)8-9-16-17(19(24)26-2)10-15(21)11-18(16)22/h4-7,10-11H,12,22H2,1-3H3. The summed E-state index contributed by atoms with van der Waals surface area (Å²) >= 11 is 0. The molecule has 0 spiro atoms. The van der Waals surface area contributed by atoms with E-state index in [9.17, 15) is 14.0 Å². The molecule has 0 aliphatic carbocycles. The molecule has 0 radical (unpaired) electrons. The second-order valence-electron chi connectivity index (χ2n) is 5.68. The number of nitrogens with two attached hydrogens (primary N) is 1. The zero-order valence-electron chi connectivity index (χ0n) is 15.2. The van der Waals surface area contributed by atoms with Crippen LogP contribution < -0.4 is 5.73 Å². The predicted octanol–water partition coefficient (Wildman–Crippen LogP) is 2.79. The summed E-state index contributed by atoms with van der Waals surface area (Å²) in [5.41, 5.74) is 7.59. The average molecular weight is 370 g/mol. The Kier molecular flexibility index (Phi) is 6.39. The quantitative estimate of drug-likeness (QED) is 0.510. The molecule has 0 aliphatic rings. The molecule has 2 aromatic carbocycles. The molecule has 0 saturated carbocycles. The van der Waals surface area contributed by atoms with E-state index in [2.05, 4.69) is 21.3 Å². The fourth-order valence-corrected chi connectivity index (χ4v) is 2.36. The lowest BCUT2D eigenvalue weighted by atomic mass is 10.0. The van der Waals surface area contributed by atoms with Crippen molar-refractivity contribution < 1.29 is 23.5 Å². The molecule has 6 nitrogen and oxygen atoms in total. The van der Waals surface area contributed by atoms with Crippen molar-refractivity contribution in [3.8, 4) is 11.8 Å². The van der Waals surface area contributed by atoms with Crippen LogP contribution in [0, 0.1) is 17.7 Å². The van der Waals surface area contributed by atoms with Crippen LogP contribution in [0.2, 0.25) is 0 Å². The van der Waals surface area contributed by atoms with Crippen LogP contribution in [0.3, 0.4) is 0 Å². The van der Waals surface area contributed by atoms with Gasteiger partial charge in [-0.05, 0) is 29.8 Å². The summed E-state index contributed by atoms with van der Waals surface area (Å²) in [6, 6.07) is 9.31. The highest BCUT2D eigenvalue weighted by atomic mass is 19.1. The van der Waals surface area contributed by atoms with Crippen molar-refractivity contribution in [3.63, 3.8) is 0 Å². The molecule has 0 bridgehead atoms. The highest BCUT2D eigenvalue weighted by Crippen LogP contribution is 2.19. The summed E-state index contributed by atoms with van der Waals surface area (Å²) in [5, 5.41) is 0. The van der Waals surface area contributed by atoms with Gasteiger partial charge >= 0.3 is 12.1 Å². The summed E-state index contributed by atoms with van der Waals surface area (Å²) in [4.78, 5) is 24.7. The van der Waals surface area contributed by atoms with Crippen LogP contribution in [-0.4, -0.2) is 38.2 Å². The van der Waals surface area contributed by atoms with E-state index in [0.29, 0.717) is 12.1 Å². The number of amides is 1. The number of methoxy groups -OCH3 is 2. The Morgan fingerprint density at radius 3 is 2.37 bits per heavy atom. The van der Waals surface area contributed by atoms with Gasteiger partial charge in [-0.3, -0.25) is 0 Å². The van der Waals surface area contributed by atoms with Gasteiger partial charge in [0, 0.05) is 19.2 Å². The second-order valence-corrected chi connectivity index (χ2v) is 5.68. The summed E-state index contributed by atoms with van der Waals surface area (Å²) in [6.45, 7) is 0.387. The van der Waals surface area contributed by atoms with Gasteiger partial charge in [0.05, 0.1) is 31.0 Å². The fourth-order valence-electron chi connectivity index (χ4n) is 2.36. The Bertz CT molecular complexity index is 914. The smallest absolute Gasteiger partial charge is 0.409 e. The third-order valence-corrected chi connectivity index (χ3v) is 3.73. The minimum absolute atomic E-state index is 0.0289. The molecule has 27 heavy (non-hydrogen) atoms. The molecular formula is C20H19FN2O4. The molecule has 0 atom stereocenters. The number of nitrogens with zero attached hydrogens (tertiary/aromatic N) is 1. The molecule has 0 aromatic heterocycles. The van der Waals surface area contributed by atoms with Crippen LogP contribution in [0.5, 0.6) is 0 Å². The van der Waals surface area contributed by atoms with Crippen molar-refractivity contribution >= 4 is 17.7 Å². The Hall–Kier alpha value is -3.53. The topological polar surface area (TPSA) is 81.9 Å². The van der Waals surface area contributed by atoms with Gasteiger partial charge in [0.25, 0.3) is 0 Å². The number of benzene rings is 2. The molecule has 2 aromatic rings. The number of halogens is 1. The van der Waals surface area contributed by atoms with Crippen LogP contribution in [-0.2, 0) is 16.0 Å². The summed E-state index contributed by atoms with van der Waals surface area (Å²) in [6.07, 6.45) is -0.430. The zero-order chi connectivity index (χ0) is 20.0. The van der Waals surface area contributed by atoms with Crippen LogP contribution >= 0.6 is 0 Å². The predicted molar refractivity (Wildman–Crippen MR) is 98.4 cm³/mol. The fraction of sp³-hybridized carbons (Fsp3) is 0.200. The van der Waals surface area contributed by atoms with E-state index >= 15 is 0 Å². The van der Waals surface area contributed by atoms with Gasteiger partial charge in [-0.1, -0.05) is 24.0 Å². The molecule has 0 heterocycles. The molecule has 7 heteroatoms. The maximum atomic E-state index is 13.5. The number of rotatable bonds is 3. The van der Waals surface area contributed by atoms with Crippen molar-refractivity contribution in [2.24, 2.45) is 0 Å². The third-order valence-electron chi connectivity index (χ3n) is 3.73. The number of ether oxygens (including phenoxy) is 2. The molecule has 1 amide bonds. The average Bonchev–Trinajstić information content (AvgIpc) is 2.66. The molecule has 140 valence electrons. The van der Waals surface area contributed by atoms with E-state index in [-0.39, 0.29) is 16.8 Å². The van der Waals surface area contributed by atoms with Gasteiger partial charge in [0.15, 0.2) is 0 Å². The van der Waals surface area contributed by atoms with Gasteiger partial charge in [0.1, 0.15) is 5.82 Å². The summed E-state index contributed by atoms with van der Waals surface area (Å²) < 4.78 is 22.8. The monoisotopic (exact) mass is 370 g/mol. The van der Waals surface area contributed by atoms with Crippen molar-refractivity contribution in [1.82, 2.24) is 4.90 Å². The SMILES string of the molecule is COC(=O)c1cc(F)cc(N)c1C#Cc1ccc(CN(C)C(=O)OC)cc1. The maximum Gasteiger partial charge on any atom is 0.409 e. The minimum Gasteiger partial charge on any atom is -0.465 e. The normalized spacial score (nSPS) is 9.78. The molecule has 0 unspecified atom stereocenters. The molecule has 2 rings (SSSR count). The van der Waals surface area contributed by atoms with Gasteiger partial charge in [-0.2, -0.15) is 0 Å². The summed E-state index contributed by atoms with van der Waals surface area (Å²) in [5.74, 6) is 4.33. The Morgan fingerprint density at radius 2 is 1.78 bits per heavy atom. The highest BCUT2D eigenvalue weighted by Gasteiger charge is 2.15.